The van der Waals surface area contributed by atoms with Crippen molar-refractivity contribution in [2.45, 2.75) is 25.9 Å². The van der Waals surface area contributed by atoms with Gasteiger partial charge in [-0.25, -0.2) is 9.69 Å². The van der Waals surface area contributed by atoms with Crippen LogP contribution in [-0.4, -0.2) is 33.8 Å². The molecule has 0 bridgehead atoms. The molecule has 2 fully saturated rings. The zero-order chi connectivity index (χ0) is 22.7. The van der Waals surface area contributed by atoms with E-state index in [2.05, 4.69) is 21.4 Å². The molecule has 1 saturated heterocycles. The quantitative estimate of drug-likeness (QED) is 0.445. The van der Waals surface area contributed by atoms with Crippen LogP contribution in [0.25, 0.3) is 16.9 Å². The Morgan fingerprint density at radius 2 is 1.91 bits per heavy atom. The Morgan fingerprint density at radius 3 is 2.67 bits per heavy atom. The van der Waals surface area contributed by atoms with E-state index in [-0.39, 0.29) is 12.5 Å². The van der Waals surface area contributed by atoms with Crippen LogP contribution in [-0.2, 0) is 6.61 Å². The highest BCUT2D eigenvalue weighted by Gasteiger charge is 2.38. The highest BCUT2D eigenvalue weighted by Crippen LogP contribution is 2.42. The standard InChI is InChI=1S/C24H21BrCl2N4O2/c25-15-4-6-17-21(8-15)33-12-18-22(24(32)29-30-10-13-2-1-3-14(13)11-30)28-31(23(17)18)20-7-5-16(26)9-19(20)27/h4-9,13-14H,1-3,10-12H2,(H,29,32). The fourth-order valence-corrected chi connectivity index (χ4v) is 6.19. The van der Waals surface area contributed by atoms with Gasteiger partial charge in [-0.05, 0) is 61.1 Å². The molecule has 1 aliphatic carbocycles. The highest BCUT2D eigenvalue weighted by molar-refractivity contribution is 9.10. The largest absolute Gasteiger partial charge is 0.488 e. The van der Waals surface area contributed by atoms with Gasteiger partial charge < -0.3 is 4.74 Å². The maximum Gasteiger partial charge on any atom is 0.286 e. The molecule has 3 heterocycles. The van der Waals surface area contributed by atoms with Crippen LogP contribution in [0.3, 0.4) is 0 Å². The molecule has 1 amide bonds. The third-order valence-corrected chi connectivity index (χ3v) is 7.92. The predicted molar refractivity (Wildman–Crippen MR) is 131 cm³/mol. The van der Waals surface area contributed by atoms with Gasteiger partial charge in [0.15, 0.2) is 5.69 Å². The van der Waals surface area contributed by atoms with Crippen molar-refractivity contribution in [1.82, 2.24) is 20.2 Å². The van der Waals surface area contributed by atoms with Crippen LogP contribution in [0.15, 0.2) is 40.9 Å². The number of amides is 1. The van der Waals surface area contributed by atoms with Gasteiger partial charge in [-0.2, -0.15) is 5.10 Å². The van der Waals surface area contributed by atoms with Crippen molar-refractivity contribution >= 4 is 45.0 Å². The van der Waals surface area contributed by atoms with E-state index in [9.17, 15) is 4.79 Å². The average Bonchev–Trinajstić information content (AvgIpc) is 3.47. The molecule has 9 heteroatoms. The van der Waals surface area contributed by atoms with Crippen molar-refractivity contribution in [3.63, 3.8) is 0 Å². The second-order valence-electron chi connectivity index (χ2n) is 8.91. The maximum atomic E-state index is 13.4. The van der Waals surface area contributed by atoms with Gasteiger partial charge in [0.05, 0.1) is 16.4 Å². The summed E-state index contributed by atoms with van der Waals surface area (Å²) in [5.41, 5.74) is 6.50. The molecule has 2 aromatic carbocycles. The number of rotatable bonds is 3. The first-order valence-corrected chi connectivity index (χ1v) is 12.6. The van der Waals surface area contributed by atoms with Crippen molar-refractivity contribution in [3.05, 3.63) is 62.2 Å². The molecule has 0 radical (unpaired) electrons. The molecule has 1 aromatic heterocycles. The number of nitrogens with zero attached hydrogens (tertiary/aromatic N) is 3. The lowest BCUT2D eigenvalue weighted by atomic mass is 10.0. The molecular weight excluding hydrogens is 527 g/mol. The van der Waals surface area contributed by atoms with E-state index in [0.717, 1.165) is 40.1 Å². The summed E-state index contributed by atoms with van der Waals surface area (Å²) in [5, 5.41) is 7.79. The molecule has 3 aliphatic rings. The zero-order valence-corrected chi connectivity index (χ0v) is 20.8. The van der Waals surface area contributed by atoms with E-state index < -0.39 is 0 Å². The lowest BCUT2D eigenvalue weighted by Crippen LogP contribution is -2.41. The lowest BCUT2D eigenvalue weighted by Gasteiger charge is -2.21. The molecule has 170 valence electrons. The van der Waals surface area contributed by atoms with Crippen molar-refractivity contribution in [3.8, 4) is 22.7 Å². The van der Waals surface area contributed by atoms with Gasteiger partial charge in [0, 0.05) is 33.7 Å². The summed E-state index contributed by atoms with van der Waals surface area (Å²) in [7, 11) is 0. The van der Waals surface area contributed by atoms with Crippen LogP contribution in [0, 0.1) is 11.8 Å². The minimum Gasteiger partial charge on any atom is -0.488 e. The Bertz CT molecular complexity index is 1270. The molecular formula is C24H21BrCl2N4O2. The molecule has 6 nitrogen and oxygen atoms in total. The van der Waals surface area contributed by atoms with Crippen molar-refractivity contribution in [2.24, 2.45) is 11.8 Å². The van der Waals surface area contributed by atoms with E-state index in [4.69, 9.17) is 33.0 Å². The number of ether oxygens (including phenoxy) is 1. The van der Waals surface area contributed by atoms with Gasteiger partial charge in [0.2, 0.25) is 0 Å². The van der Waals surface area contributed by atoms with Crippen LogP contribution >= 0.6 is 39.1 Å². The first-order chi connectivity index (χ1) is 16.0. The van der Waals surface area contributed by atoms with Gasteiger partial charge in [0.1, 0.15) is 12.4 Å². The molecule has 2 atom stereocenters. The van der Waals surface area contributed by atoms with E-state index >= 15 is 0 Å². The number of benzene rings is 2. The number of hydrogen-bond acceptors (Lipinski definition) is 4. The number of nitrogens with one attached hydrogen (secondary N) is 1. The molecule has 33 heavy (non-hydrogen) atoms. The zero-order valence-electron chi connectivity index (χ0n) is 17.7. The molecule has 1 saturated carbocycles. The summed E-state index contributed by atoms with van der Waals surface area (Å²) in [6.07, 6.45) is 3.79. The molecule has 2 unspecified atom stereocenters. The Kier molecular flexibility index (Phi) is 5.41. The van der Waals surface area contributed by atoms with Crippen LogP contribution in [0.4, 0.5) is 0 Å². The molecule has 0 spiro atoms. The SMILES string of the molecule is O=C(NN1CC2CCCC2C1)c1nn(-c2ccc(Cl)cc2Cl)c2c1COc1cc(Br)ccc1-2. The number of halogens is 3. The fraction of sp³-hybridized carbons (Fsp3) is 0.333. The Morgan fingerprint density at radius 1 is 1.12 bits per heavy atom. The third-order valence-electron chi connectivity index (χ3n) is 6.89. The van der Waals surface area contributed by atoms with E-state index in [1.807, 2.05) is 29.3 Å². The van der Waals surface area contributed by atoms with Crippen LogP contribution in [0.5, 0.6) is 5.75 Å². The summed E-state index contributed by atoms with van der Waals surface area (Å²) in [4.78, 5) is 13.4. The Labute approximate surface area is 209 Å². The second kappa shape index (κ2) is 8.31. The fourth-order valence-electron chi connectivity index (χ4n) is 5.36. The van der Waals surface area contributed by atoms with Crippen molar-refractivity contribution in [1.29, 1.82) is 0 Å². The van der Waals surface area contributed by atoms with Crippen LogP contribution < -0.4 is 10.2 Å². The topological polar surface area (TPSA) is 59.4 Å². The number of fused-ring (bicyclic) bond motifs is 4. The van der Waals surface area contributed by atoms with Crippen molar-refractivity contribution in [2.75, 3.05) is 13.1 Å². The Hall–Kier alpha value is -2.06. The molecule has 1 N–H and O–H groups in total. The van der Waals surface area contributed by atoms with Gasteiger partial charge in [-0.15, -0.1) is 0 Å². The van der Waals surface area contributed by atoms with Crippen LogP contribution in [0.2, 0.25) is 10.0 Å². The minimum atomic E-state index is -0.223. The summed E-state index contributed by atoms with van der Waals surface area (Å²) >= 11 is 16.2. The summed E-state index contributed by atoms with van der Waals surface area (Å²) in [6, 6.07) is 11.1. The lowest BCUT2D eigenvalue weighted by molar-refractivity contribution is 0.0806. The summed E-state index contributed by atoms with van der Waals surface area (Å²) in [6.45, 7) is 2.04. The average molecular weight is 548 g/mol. The van der Waals surface area contributed by atoms with Crippen molar-refractivity contribution < 1.29 is 9.53 Å². The first-order valence-electron chi connectivity index (χ1n) is 11.0. The van der Waals surface area contributed by atoms with E-state index in [1.165, 1.54) is 19.3 Å². The molecule has 6 rings (SSSR count). The number of hydrogen-bond donors (Lipinski definition) is 1. The monoisotopic (exact) mass is 546 g/mol. The second-order valence-corrected chi connectivity index (χ2v) is 10.7. The van der Waals surface area contributed by atoms with Gasteiger partial charge in [0.25, 0.3) is 5.91 Å². The number of carbonyl (C=O) groups is 1. The van der Waals surface area contributed by atoms with E-state index in [1.54, 1.807) is 16.8 Å². The number of aromatic nitrogens is 2. The van der Waals surface area contributed by atoms with Crippen LogP contribution in [0.1, 0.15) is 35.3 Å². The highest BCUT2D eigenvalue weighted by atomic mass is 79.9. The van der Waals surface area contributed by atoms with E-state index in [0.29, 0.717) is 33.3 Å². The Balaban J connectivity index is 1.42. The smallest absolute Gasteiger partial charge is 0.286 e. The van der Waals surface area contributed by atoms with Gasteiger partial charge in [-0.1, -0.05) is 45.6 Å². The predicted octanol–water partition coefficient (Wildman–Crippen LogP) is 5.88. The third kappa shape index (κ3) is 3.75. The normalized spacial score (nSPS) is 21.3. The molecule has 2 aliphatic heterocycles. The summed E-state index contributed by atoms with van der Waals surface area (Å²) < 4.78 is 8.67. The number of carbonyl (C=O) groups excluding carboxylic acids is 1. The number of hydrazine groups is 1. The minimum absolute atomic E-state index is 0.223. The van der Waals surface area contributed by atoms with Gasteiger partial charge >= 0.3 is 0 Å². The molecule has 3 aromatic rings. The maximum absolute atomic E-state index is 13.4. The summed E-state index contributed by atoms with van der Waals surface area (Å²) in [5.74, 6) is 1.86. The van der Waals surface area contributed by atoms with Gasteiger partial charge in [-0.3, -0.25) is 10.2 Å². The first kappa shape index (κ1) is 21.5.